The number of amides is 1. The summed E-state index contributed by atoms with van der Waals surface area (Å²) in [5.41, 5.74) is 5.83. The van der Waals surface area contributed by atoms with Crippen molar-refractivity contribution in [2.24, 2.45) is 5.73 Å². The first-order valence-electron chi connectivity index (χ1n) is 6.14. The summed E-state index contributed by atoms with van der Waals surface area (Å²) < 4.78 is 0. The third kappa shape index (κ3) is 6.80. The fourth-order valence-corrected chi connectivity index (χ4v) is 1.56. The van der Waals surface area contributed by atoms with Crippen LogP contribution in [-0.4, -0.2) is 56.0 Å². The Bertz CT molecular complexity index is 195. The van der Waals surface area contributed by atoms with Gasteiger partial charge in [0.1, 0.15) is 0 Å². The van der Waals surface area contributed by atoms with Crippen molar-refractivity contribution >= 4 is 5.91 Å². The molecule has 0 saturated carbocycles. The van der Waals surface area contributed by atoms with Gasteiger partial charge in [-0.25, -0.2) is 0 Å². The first-order valence-corrected chi connectivity index (χ1v) is 6.14. The summed E-state index contributed by atoms with van der Waals surface area (Å²) >= 11 is 0. The Hall–Kier alpha value is -0.610. The van der Waals surface area contributed by atoms with E-state index >= 15 is 0 Å². The Labute approximate surface area is 99.8 Å². The number of hydrogen-bond donors (Lipinski definition) is 1. The zero-order chi connectivity index (χ0) is 12.6. The molecule has 0 aliphatic rings. The molecule has 4 nitrogen and oxygen atoms in total. The highest BCUT2D eigenvalue weighted by atomic mass is 16.2. The fourth-order valence-electron chi connectivity index (χ4n) is 1.56. The van der Waals surface area contributed by atoms with Crippen molar-refractivity contribution in [2.75, 3.05) is 34.2 Å². The van der Waals surface area contributed by atoms with E-state index in [1.165, 1.54) is 0 Å². The van der Waals surface area contributed by atoms with Gasteiger partial charge >= 0.3 is 0 Å². The van der Waals surface area contributed by atoms with Crippen molar-refractivity contribution in [2.45, 2.75) is 38.6 Å². The maximum atomic E-state index is 11.8. The van der Waals surface area contributed by atoms with Gasteiger partial charge in [-0.2, -0.15) is 0 Å². The molecule has 1 amide bonds. The van der Waals surface area contributed by atoms with Crippen molar-refractivity contribution < 1.29 is 4.79 Å². The second kappa shape index (κ2) is 8.53. The number of carbonyl (C=O) groups is 1. The quantitative estimate of drug-likeness (QED) is 0.673. The first-order chi connectivity index (χ1) is 7.49. The Morgan fingerprint density at radius 2 is 1.81 bits per heavy atom. The summed E-state index contributed by atoms with van der Waals surface area (Å²) in [7, 11) is 5.91. The molecular weight excluding hydrogens is 202 g/mol. The minimum absolute atomic E-state index is 0.0761. The van der Waals surface area contributed by atoms with Gasteiger partial charge in [0, 0.05) is 13.6 Å². The van der Waals surface area contributed by atoms with Crippen LogP contribution in [0.25, 0.3) is 0 Å². The molecule has 0 aliphatic carbocycles. The lowest BCUT2D eigenvalue weighted by Gasteiger charge is -2.22. The second-order valence-electron chi connectivity index (χ2n) is 4.67. The molecule has 4 heteroatoms. The maximum Gasteiger partial charge on any atom is 0.239 e. The zero-order valence-corrected chi connectivity index (χ0v) is 11.2. The van der Waals surface area contributed by atoms with E-state index in [-0.39, 0.29) is 11.9 Å². The van der Waals surface area contributed by atoms with Gasteiger partial charge in [-0.15, -0.1) is 0 Å². The lowest BCUT2D eigenvalue weighted by atomic mass is 10.1. The van der Waals surface area contributed by atoms with Crippen LogP contribution in [0.1, 0.15) is 32.6 Å². The molecule has 0 rings (SSSR count). The van der Waals surface area contributed by atoms with Gasteiger partial charge in [-0.3, -0.25) is 4.79 Å². The van der Waals surface area contributed by atoms with Crippen molar-refractivity contribution in [3.63, 3.8) is 0 Å². The molecule has 0 aliphatic heterocycles. The largest absolute Gasteiger partial charge is 0.344 e. The van der Waals surface area contributed by atoms with Gasteiger partial charge in [0.25, 0.3) is 0 Å². The van der Waals surface area contributed by atoms with Gasteiger partial charge in [0.2, 0.25) is 5.91 Å². The number of rotatable bonds is 8. The molecule has 0 fully saturated rings. The van der Waals surface area contributed by atoms with Crippen LogP contribution in [-0.2, 0) is 4.79 Å². The van der Waals surface area contributed by atoms with Crippen LogP contribution in [0.5, 0.6) is 0 Å². The highest BCUT2D eigenvalue weighted by Gasteiger charge is 2.16. The molecule has 0 spiro atoms. The van der Waals surface area contributed by atoms with Crippen LogP contribution in [0, 0.1) is 0 Å². The Balaban J connectivity index is 3.79. The summed E-state index contributed by atoms with van der Waals surface area (Å²) in [6.45, 7) is 3.90. The molecule has 0 saturated heterocycles. The van der Waals surface area contributed by atoms with Crippen LogP contribution >= 0.6 is 0 Å². The Morgan fingerprint density at radius 1 is 1.19 bits per heavy atom. The van der Waals surface area contributed by atoms with E-state index < -0.39 is 0 Å². The van der Waals surface area contributed by atoms with E-state index in [9.17, 15) is 4.79 Å². The van der Waals surface area contributed by atoms with Gasteiger partial charge < -0.3 is 15.5 Å². The Kier molecular flexibility index (Phi) is 8.21. The standard InChI is InChI=1S/C12H27N3O/c1-5-6-8-11(13)12(16)15(4)10-7-9-14(2)3/h11H,5-10,13H2,1-4H3/t11-/m0/s1. The topological polar surface area (TPSA) is 49.6 Å². The van der Waals surface area contributed by atoms with E-state index in [2.05, 4.69) is 11.8 Å². The molecule has 0 bridgehead atoms. The molecule has 0 aromatic rings. The van der Waals surface area contributed by atoms with Gasteiger partial charge in [0.05, 0.1) is 6.04 Å². The summed E-state index contributed by atoms with van der Waals surface area (Å²) in [5, 5.41) is 0. The number of nitrogens with zero attached hydrogens (tertiary/aromatic N) is 2. The van der Waals surface area contributed by atoms with Gasteiger partial charge in [-0.1, -0.05) is 19.8 Å². The molecule has 2 N–H and O–H groups in total. The van der Waals surface area contributed by atoms with Crippen LogP contribution in [0.2, 0.25) is 0 Å². The molecule has 0 heterocycles. The van der Waals surface area contributed by atoms with Crippen LogP contribution in [0.3, 0.4) is 0 Å². The molecule has 0 radical (unpaired) electrons. The molecule has 16 heavy (non-hydrogen) atoms. The fraction of sp³-hybridized carbons (Fsp3) is 0.917. The van der Waals surface area contributed by atoms with Crippen LogP contribution < -0.4 is 5.73 Å². The number of carbonyl (C=O) groups excluding carboxylic acids is 1. The average Bonchev–Trinajstić information content (AvgIpc) is 2.24. The molecule has 0 aromatic carbocycles. The molecule has 1 atom stereocenters. The molecular formula is C12H27N3O. The molecule has 0 unspecified atom stereocenters. The SMILES string of the molecule is CCCC[C@H](N)C(=O)N(C)CCCN(C)C. The minimum atomic E-state index is -0.315. The van der Waals surface area contributed by atoms with Crippen LogP contribution in [0.15, 0.2) is 0 Å². The maximum absolute atomic E-state index is 11.8. The molecule has 0 aromatic heterocycles. The molecule has 96 valence electrons. The second-order valence-corrected chi connectivity index (χ2v) is 4.67. The number of likely N-dealkylation sites (N-methyl/N-ethyl adjacent to an activating group) is 1. The number of nitrogens with two attached hydrogens (primary N) is 1. The first kappa shape index (κ1) is 15.4. The predicted molar refractivity (Wildman–Crippen MR) is 68.3 cm³/mol. The third-order valence-corrected chi connectivity index (χ3v) is 2.66. The minimum Gasteiger partial charge on any atom is -0.344 e. The van der Waals surface area contributed by atoms with Crippen molar-refractivity contribution in [3.8, 4) is 0 Å². The van der Waals surface area contributed by atoms with Crippen molar-refractivity contribution in [3.05, 3.63) is 0 Å². The van der Waals surface area contributed by atoms with E-state index in [0.717, 1.165) is 38.8 Å². The zero-order valence-electron chi connectivity index (χ0n) is 11.2. The monoisotopic (exact) mass is 229 g/mol. The summed E-state index contributed by atoms with van der Waals surface area (Å²) in [6, 6.07) is -0.315. The van der Waals surface area contributed by atoms with E-state index in [0.29, 0.717) is 0 Å². The smallest absolute Gasteiger partial charge is 0.239 e. The summed E-state index contributed by atoms with van der Waals surface area (Å²) in [5.74, 6) is 0.0761. The van der Waals surface area contributed by atoms with Crippen molar-refractivity contribution in [1.82, 2.24) is 9.80 Å². The summed E-state index contributed by atoms with van der Waals surface area (Å²) in [4.78, 5) is 15.7. The number of unbranched alkanes of at least 4 members (excludes halogenated alkanes) is 1. The summed E-state index contributed by atoms with van der Waals surface area (Å²) in [6.07, 6.45) is 3.91. The number of hydrogen-bond acceptors (Lipinski definition) is 3. The Morgan fingerprint density at radius 3 is 2.31 bits per heavy atom. The average molecular weight is 229 g/mol. The predicted octanol–water partition coefficient (Wildman–Crippen LogP) is 0.914. The van der Waals surface area contributed by atoms with Crippen molar-refractivity contribution in [1.29, 1.82) is 0 Å². The van der Waals surface area contributed by atoms with Gasteiger partial charge in [0.15, 0.2) is 0 Å². The van der Waals surface area contributed by atoms with Crippen LogP contribution in [0.4, 0.5) is 0 Å². The highest BCUT2D eigenvalue weighted by Crippen LogP contribution is 2.02. The highest BCUT2D eigenvalue weighted by molar-refractivity contribution is 5.81. The van der Waals surface area contributed by atoms with E-state index in [1.54, 1.807) is 4.90 Å². The van der Waals surface area contributed by atoms with E-state index in [4.69, 9.17) is 5.73 Å². The lowest BCUT2D eigenvalue weighted by molar-refractivity contribution is -0.131. The van der Waals surface area contributed by atoms with E-state index in [1.807, 2.05) is 21.1 Å². The lowest BCUT2D eigenvalue weighted by Crippen LogP contribution is -2.42. The van der Waals surface area contributed by atoms with Gasteiger partial charge in [-0.05, 0) is 33.5 Å². The normalized spacial score (nSPS) is 12.9. The third-order valence-electron chi connectivity index (χ3n) is 2.66.